The molecule has 0 bridgehead atoms. The van der Waals surface area contributed by atoms with Gasteiger partial charge in [-0.25, -0.2) is 4.98 Å². The molecule has 0 radical (unpaired) electrons. The number of hydrogen-bond acceptors (Lipinski definition) is 4. The summed E-state index contributed by atoms with van der Waals surface area (Å²) in [5, 5.41) is 0. The summed E-state index contributed by atoms with van der Waals surface area (Å²) in [5.41, 5.74) is 1.96. The minimum absolute atomic E-state index is 0.117. The van der Waals surface area contributed by atoms with E-state index in [1.807, 2.05) is 47.5 Å². The van der Waals surface area contributed by atoms with Crippen LogP contribution in [0.4, 0.5) is 5.82 Å². The van der Waals surface area contributed by atoms with Crippen molar-refractivity contribution in [2.45, 2.75) is 18.9 Å². The number of amides is 1. The molecule has 2 aromatic rings. The first-order valence-electron chi connectivity index (χ1n) is 9.48. The van der Waals surface area contributed by atoms with Crippen molar-refractivity contribution in [3.8, 4) is 0 Å². The molecule has 0 spiro atoms. The number of hydrogen-bond donors (Lipinski definition) is 0. The van der Waals surface area contributed by atoms with Crippen molar-refractivity contribution in [3.05, 3.63) is 59.8 Å². The van der Waals surface area contributed by atoms with Crippen molar-refractivity contribution in [3.63, 3.8) is 0 Å². The van der Waals surface area contributed by atoms with Crippen molar-refractivity contribution < 1.29 is 4.79 Å². The van der Waals surface area contributed by atoms with Gasteiger partial charge in [-0.1, -0.05) is 24.3 Å². The van der Waals surface area contributed by atoms with E-state index < -0.39 is 0 Å². The molecule has 1 aromatic heterocycles. The Kier molecular flexibility index (Phi) is 4.89. The second kappa shape index (κ2) is 7.46. The maximum atomic E-state index is 13.0. The summed E-state index contributed by atoms with van der Waals surface area (Å²) >= 11 is 0. The number of piperazine rings is 1. The van der Waals surface area contributed by atoms with Crippen LogP contribution in [0.5, 0.6) is 0 Å². The molecule has 2 aliphatic rings. The third-order valence-electron chi connectivity index (χ3n) is 5.51. The fraction of sp³-hybridized carbons (Fsp3) is 0.429. The van der Waals surface area contributed by atoms with Crippen LogP contribution >= 0.6 is 0 Å². The molecule has 0 N–H and O–H groups in total. The fourth-order valence-corrected chi connectivity index (χ4v) is 4.03. The molecule has 2 fully saturated rings. The van der Waals surface area contributed by atoms with Gasteiger partial charge in [0, 0.05) is 50.0 Å². The normalized spacial score (nSPS) is 21.2. The smallest absolute Gasteiger partial charge is 0.254 e. The second-order valence-electron chi connectivity index (χ2n) is 7.23. The molecule has 2 aliphatic heterocycles. The van der Waals surface area contributed by atoms with E-state index in [-0.39, 0.29) is 11.9 Å². The highest BCUT2D eigenvalue weighted by molar-refractivity contribution is 5.94. The van der Waals surface area contributed by atoms with Gasteiger partial charge in [-0.2, -0.15) is 0 Å². The molecular formula is C21H26N4O. The van der Waals surface area contributed by atoms with E-state index in [4.69, 9.17) is 4.98 Å². The molecule has 1 amide bonds. The number of benzene rings is 1. The lowest BCUT2D eigenvalue weighted by Crippen LogP contribution is -2.45. The van der Waals surface area contributed by atoms with Crippen molar-refractivity contribution in [2.75, 3.05) is 44.7 Å². The first-order chi connectivity index (χ1) is 12.7. The summed E-state index contributed by atoms with van der Waals surface area (Å²) in [6.07, 6.45) is 3.92. The Morgan fingerprint density at radius 3 is 2.54 bits per heavy atom. The molecule has 5 heteroatoms. The number of carbonyl (C=O) groups is 1. The Hall–Kier alpha value is -2.40. The predicted molar refractivity (Wildman–Crippen MR) is 103 cm³/mol. The summed E-state index contributed by atoms with van der Waals surface area (Å²) in [5.74, 6) is 1.18. The Morgan fingerprint density at radius 2 is 1.77 bits per heavy atom. The summed E-state index contributed by atoms with van der Waals surface area (Å²) < 4.78 is 0. The lowest BCUT2D eigenvalue weighted by atomic mass is 10.0. The molecule has 5 nitrogen and oxygen atoms in total. The lowest BCUT2D eigenvalue weighted by molar-refractivity contribution is 0.0735. The van der Waals surface area contributed by atoms with Crippen LogP contribution in [0.2, 0.25) is 0 Å². The molecule has 1 aromatic carbocycles. The highest BCUT2D eigenvalue weighted by Crippen LogP contribution is 2.37. The van der Waals surface area contributed by atoms with Crippen LogP contribution in [0.25, 0.3) is 0 Å². The molecular weight excluding hydrogens is 324 g/mol. The van der Waals surface area contributed by atoms with Gasteiger partial charge in [0.2, 0.25) is 0 Å². The highest BCUT2D eigenvalue weighted by atomic mass is 16.2. The van der Waals surface area contributed by atoms with Gasteiger partial charge < -0.3 is 14.7 Å². The Labute approximate surface area is 155 Å². The first kappa shape index (κ1) is 17.0. The average Bonchev–Trinajstić information content (AvgIpc) is 3.18. The van der Waals surface area contributed by atoms with Gasteiger partial charge in [0.25, 0.3) is 5.91 Å². The zero-order valence-electron chi connectivity index (χ0n) is 15.3. The van der Waals surface area contributed by atoms with E-state index in [0.717, 1.165) is 56.9 Å². The number of rotatable bonds is 3. The number of aromatic nitrogens is 1. The first-order valence-corrected chi connectivity index (χ1v) is 9.48. The molecule has 136 valence electrons. The van der Waals surface area contributed by atoms with Gasteiger partial charge in [0.15, 0.2) is 0 Å². The SMILES string of the molecule is CN1CCN(c2ncccc2[C@@H]2CCCN2C(=O)c2ccccc2)CC1. The summed E-state index contributed by atoms with van der Waals surface area (Å²) in [6, 6.07) is 13.9. The number of pyridine rings is 1. The van der Waals surface area contributed by atoms with Crippen molar-refractivity contribution in [1.82, 2.24) is 14.8 Å². The van der Waals surface area contributed by atoms with Crippen LogP contribution in [-0.2, 0) is 0 Å². The van der Waals surface area contributed by atoms with Gasteiger partial charge in [-0.05, 0) is 38.1 Å². The minimum atomic E-state index is 0.117. The Balaban J connectivity index is 1.61. The van der Waals surface area contributed by atoms with Crippen LogP contribution in [-0.4, -0.2) is 60.5 Å². The summed E-state index contributed by atoms with van der Waals surface area (Å²) in [6.45, 7) is 4.88. The molecule has 1 atom stereocenters. The van der Waals surface area contributed by atoms with E-state index in [1.54, 1.807) is 0 Å². The number of likely N-dealkylation sites (N-methyl/N-ethyl adjacent to an activating group) is 1. The van der Waals surface area contributed by atoms with Crippen LogP contribution < -0.4 is 4.90 Å². The monoisotopic (exact) mass is 350 g/mol. The van der Waals surface area contributed by atoms with E-state index in [2.05, 4.69) is 22.9 Å². The van der Waals surface area contributed by atoms with Gasteiger partial charge in [-0.3, -0.25) is 4.79 Å². The maximum absolute atomic E-state index is 13.0. The second-order valence-corrected chi connectivity index (χ2v) is 7.23. The molecule has 0 aliphatic carbocycles. The lowest BCUT2D eigenvalue weighted by Gasteiger charge is -2.36. The zero-order valence-corrected chi connectivity index (χ0v) is 15.3. The fourth-order valence-electron chi connectivity index (χ4n) is 4.03. The van der Waals surface area contributed by atoms with Gasteiger partial charge >= 0.3 is 0 Å². The maximum Gasteiger partial charge on any atom is 0.254 e. The quantitative estimate of drug-likeness (QED) is 0.853. The van der Waals surface area contributed by atoms with E-state index in [1.165, 1.54) is 5.56 Å². The summed E-state index contributed by atoms with van der Waals surface area (Å²) in [4.78, 5) is 24.5. The van der Waals surface area contributed by atoms with Crippen LogP contribution in [0, 0.1) is 0 Å². The molecule has 0 saturated carbocycles. The minimum Gasteiger partial charge on any atom is -0.354 e. The molecule has 0 unspecified atom stereocenters. The molecule has 26 heavy (non-hydrogen) atoms. The standard InChI is InChI=1S/C21H26N4O/c1-23-13-15-24(16-14-23)20-18(9-5-11-22-20)19-10-6-12-25(19)21(26)17-7-3-2-4-8-17/h2-5,7-9,11,19H,6,10,12-16H2,1H3/t19-/m0/s1. The van der Waals surface area contributed by atoms with Gasteiger partial charge in [0.05, 0.1) is 6.04 Å². The number of likely N-dealkylation sites (tertiary alicyclic amines) is 1. The third kappa shape index (κ3) is 3.31. The summed E-state index contributed by atoms with van der Waals surface area (Å²) in [7, 11) is 2.16. The Bertz CT molecular complexity index is 756. The van der Waals surface area contributed by atoms with E-state index in [9.17, 15) is 4.79 Å². The molecule has 4 rings (SSSR count). The van der Waals surface area contributed by atoms with E-state index in [0.29, 0.717) is 0 Å². The number of carbonyl (C=O) groups excluding carboxylic acids is 1. The topological polar surface area (TPSA) is 39.7 Å². The van der Waals surface area contributed by atoms with Crippen LogP contribution in [0.15, 0.2) is 48.7 Å². The predicted octanol–water partition coefficient (Wildman–Crippen LogP) is 2.81. The van der Waals surface area contributed by atoms with Gasteiger partial charge in [0.1, 0.15) is 5.82 Å². The highest BCUT2D eigenvalue weighted by Gasteiger charge is 2.33. The zero-order chi connectivity index (χ0) is 17.9. The molecule has 2 saturated heterocycles. The van der Waals surface area contributed by atoms with E-state index >= 15 is 0 Å². The Morgan fingerprint density at radius 1 is 1.00 bits per heavy atom. The van der Waals surface area contributed by atoms with Crippen LogP contribution in [0.1, 0.15) is 34.8 Å². The largest absolute Gasteiger partial charge is 0.354 e. The average molecular weight is 350 g/mol. The number of anilines is 1. The van der Waals surface area contributed by atoms with Crippen LogP contribution in [0.3, 0.4) is 0 Å². The van der Waals surface area contributed by atoms with Crippen molar-refractivity contribution in [1.29, 1.82) is 0 Å². The number of nitrogens with zero attached hydrogens (tertiary/aromatic N) is 4. The van der Waals surface area contributed by atoms with Gasteiger partial charge in [-0.15, -0.1) is 0 Å². The van der Waals surface area contributed by atoms with Crippen molar-refractivity contribution in [2.24, 2.45) is 0 Å². The van der Waals surface area contributed by atoms with Crippen molar-refractivity contribution >= 4 is 11.7 Å². The third-order valence-corrected chi connectivity index (χ3v) is 5.51. The molecule has 3 heterocycles.